The lowest BCUT2D eigenvalue weighted by molar-refractivity contribution is -0.870. The molecule has 2 atom stereocenters. The highest BCUT2D eigenvalue weighted by atomic mass is 16.7. The molecule has 0 aliphatic carbocycles. The molecule has 0 spiro atoms. The molecule has 0 amide bonds. The zero-order valence-corrected chi connectivity index (χ0v) is 67.4. The third kappa shape index (κ3) is 84.1. The number of carboxylic acids is 1. The number of hydrogen-bond acceptors (Lipinski definition) is 8. The lowest BCUT2D eigenvalue weighted by atomic mass is 10.0. The Morgan fingerprint density at radius 1 is 0.291 bits per heavy atom. The summed E-state index contributed by atoms with van der Waals surface area (Å²) >= 11 is 0. The van der Waals surface area contributed by atoms with Gasteiger partial charge in [0.2, 0.25) is 0 Å². The average molecular weight is 1430 g/mol. The predicted molar refractivity (Wildman–Crippen MR) is 444 cm³/mol. The van der Waals surface area contributed by atoms with Crippen molar-refractivity contribution in [1.29, 1.82) is 0 Å². The van der Waals surface area contributed by atoms with E-state index in [2.05, 4.69) is 172 Å². The Morgan fingerprint density at radius 3 is 0.777 bits per heavy atom. The van der Waals surface area contributed by atoms with E-state index in [4.69, 9.17) is 18.9 Å². The van der Waals surface area contributed by atoms with Gasteiger partial charge in [-0.25, -0.2) is 0 Å². The monoisotopic (exact) mass is 1430 g/mol. The van der Waals surface area contributed by atoms with Crippen LogP contribution in [-0.2, 0) is 33.3 Å². The molecule has 0 heterocycles. The average Bonchev–Trinajstić information content (AvgIpc) is 0.985. The second-order valence-electron chi connectivity index (χ2n) is 29.4. The van der Waals surface area contributed by atoms with Gasteiger partial charge in [0.1, 0.15) is 13.2 Å². The SMILES string of the molecule is CC/C=C\C/C=C\C/C=C\C/C=C\C/C=C\C/C=C\C/C=C\C/C=C\CCCCCCCCCCCCCCCCC(=O)OC(COC(=O)CCCCCCCCCCCCCCCCCCCCCCCCC/C=C\C/C=C\C/C=C\C/C=C\C/C=C\CC)COC(OCC[N+](C)(C)C)C(=O)[O-]. The number of esters is 2. The number of allylic oxidation sites excluding steroid dienone is 26. The maximum Gasteiger partial charge on any atom is 0.306 e. The standard InChI is InChI=1S/C94H159NO8/c1-6-8-10-12-14-16-18-20-22-24-26-28-30-32-34-36-38-40-42-44-46-48-50-52-54-56-58-60-62-64-66-68-70-72-74-76-78-80-82-84-91(96)101-88-90(89-102-94(93(98)99)100-87-86-95(3,4)5)103-92(97)85-83-81-79-77-75-73-71-69-67-65-63-61-59-57-55-53-51-49-47-45-43-41-39-37-35-33-31-29-27-25-23-21-19-17-15-13-11-9-7-2/h8-11,14-17,20-23,26-29,32-35,39,41,45,47,51,53,90,94H,6-7,12-13,18-19,24-25,30-31,36-38,40,42-44,46,48-50,52,54-89H2,1-5H3/b10-8-,11-9-,16-14-,17-15-,22-20-,23-21-,28-26-,29-27-,34-32-,35-33-,41-39-,47-45-,53-51-. The molecule has 0 aliphatic heterocycles. The third-order valence-electron chi connectivity index (χ3n) is 18.3. The minimum atomic E-state index is -1.63. The van der Waals surface area contributed by atoms with E-state index in [-0.39, 0.29) is 32.2 Å². The summed E-state index contributed by atoms with van der Waals surface area (Å²) in [4.78, 5) is 37.7. The molecule has 0 radical (unpaired) electrons. The van der Waals surface area contributed by atoms with E-state index in [0.717, 1.165) is 122 Å². The van der Waals surface area contributed by atoms with E-state index in [1.54, 1.807) is 0 Å². The smallest absolute Gasteiger partial charge is 0.306 e. The summed E-state index contributed by atoms with van der Waals surface area (Å²) in [7, 11) is 5.94. The van der Waals surface area contributed by atoms with Crippen molar-refractivity contribution in [3.8, 4) is 0 Å². The van der Waals surface area contributed by atoms with Crippen molar-refractivity contribution in [2.45, 2.75) is 373 Å². The molecule has 0 rings (SSSR count). The lowest BCUT2D eigenvalue weighted by Gasteiger charge is -2.26. The number of carbonyl (C=O) groups is 3. The summed E-state index contributed by atoms with van der Waals surface area (Å²) < 4.78 is 22.9. The maximum absolute atomic E-state index is 13.0. The van der Waals surface area contributed by atoms with Gasteiger partial charge >= 0.3 is 11.9 Å². The van der Waals surface area contributed by atoms with Crippen LogP contribution < -0.4 is 5.11 Å². The Kier molecular flexibility index (Phi) is 78.5. The van der Waals surface area contributed by atoms with Crippen molar-refractivity contribution in [3.05, 3.63) is 158 Å². The lowest BCUT2D eigenvalue weighted by Crippen LogP contribution is -2.44. The molecule has 0 fully saturated rings. The predicted octanol–water partition coefficient (Wildman–Crippen LogP) is 26.6. The van der Waals surface area contributed by atoms with Crippen LogP contribution in [0.5, 0.6) is 0 Å². The first kappa shape index (κ1) is 97.9. The summed E-state index contributed by atoms with van der Waals surface area (Å²) in [5.74, 6) is -2.27. The largest absolute Gasteiger partial charge is 0.545 e. The number of hydrogen-bond donors (Lipinski definition) is 0. The third-order valence-corrected chi connectivity index (χ3v) is 18.3. The number of carbonyl (C=O) groups excluding carboxylic acids is 3. The normalized spacial score (nSPS) is 13.4. The summed E-state index contributed by atoms with van der Waals surface area (Å²) in [5.41, 5.74) is 0. The zero-order chi connectivity index (χ0) is 74.6. The summed E-state index contributed by atoms with van der Waals surface area (Å²) in [6.45, 7) is 4.55. The van der Waals surface area contributed by atoms with Crippen LogP contribution in [0.4, 0.5) is 0 Å². The van der Waals surface area contributed by atoms with Crippen LogP contribution in [0.25, 0.3) is 0 Å². The Bertz CT molecular complexity index is 2270. The van der Waals surface area contributed by atoms with Gasteiger partial charge in [-0.15, -0.1) is 0 Å². The van der Waals surface area contributed by atoms with E-state index < -0.39 is 24.3 Å². The van der Waals surface area contributed by atoms with Crippen molar-refractivity contribution < 1.29 is 42.9 Å². The quantitative estimate of drug-likeness (QED) is 0.0195. The van der Waals surface area contributed by atoms with Gasteiger partial charge in [0.25, 0.3) is 0 Å². The highest BCUT2D eigenvalue weighted by molar-refractivity contribution is 5.70. The molecule has 9 heteroatoms. The van der Waals surface area contributed by atoms with Crippen LogP contribution in [0.15, 0.2) is 158 Å². The molecule has 0 saturated heterocycles. The fourth-order valence-corrected chi connectivity index (χ4v) is 11.9. The van der Waals surface area contributed by atoms with Gasteiger partial charge in [0.15, 0.2) is 12.4 Å². The van der Waals surface area contributed by atoms with Gasteiger partial charge in [0.05, 0.1) is 40.3 Å². The molecule has 0 aromatic heterocycles. The van der Waals surface area contributed by atoms with Crippen molar-refractivity contribution in [1.82, 2.24) is 0 Å². The molecule has 2 unspecified atom stereocenters. The number of aliphatic carboxylic acids is 1. The molecule has 9 nitrogen and oxygen atoms in total. The highest BCUT2D eigenvalue weighted by Gasteiger charge is 2.22. The van der Waals surface area contributed by atoms with Gasteiger partial charge in [-0.2, -0.15) is 0 Å². The molecule has 103 heavy (non-hydrogen) atoms. The maximum atomic E-state index is 13.0. The second kappa shape index (κ2) is 82.6. The molecule has 0 N–H and O–H groups in total. The van der Waals surface area contributed by atoms with Crippen molar-refractivity contribution in [3.63, 3.8) is 0 Å². The first-order valence-electron chi connectivity index (χ1n) is 42.6. The van der Waals surface area contributed by atoms with Crippen LogP contribution in [0.2, 0.25) is 0 Å². The van der Waals surface area contributed by atoms with Crippen LogP contribution in [0.1, 0.15) is 361 Å². The van der Waals surface area contributed by atoms with Crippen molar-refractivity contribution in [2.75, 3.05) is 47.5 Å². The van der Waals surface area contributed by atoms with Crippen LogP contribution in [0, 0.1) is 0 Å². The molecule has 0 aromatic rings. The van der Waals surface area contributed by atoms with Crippen LogP contribution >= 0.6 is 0 Å². The molecular formula is C94H159NO8. The van der Waals surface area contributed by atoms with Crippen LogP contribution in [-0.4, -0.2) is 82.3 Å². The summed E-state index contributed by atoms with van der Waals surface area (Å²) in [6, 6.07) is 0. The summed E-state index contributed by atoms with van der Waals surface area (Å²) in [5, 5.41) is 11.9. The van der Waals surface area contributed by atoms with E-state index in [1.165, 1.54) is 205 Å². The number of likely N-dealkylation sites (N-methyl/N-ethyl adjacent to an activating group) is 1. The van der Waals surface area contributed by atoms with Gasteiger partial charge in [-0.1, -0.05) is 384 Å². The topological polar surface area (TPSA) is 111 Å². The number of rotatable bonds is 78. The van der Waals surface area contributed by atoms with Gasteiger partial charge < -0.3 is 33.3 Å². The number of quaternary nitrogens is 1. The second-order valence-corrected chi connectivity index (χ2v) is 29.4. The fraction of sp³-hybridized carbons (Fsp3) is 0.691. The van der Waals surface area contributed by atoms with Gasteiger partial charge in [-0.05, 0) is 122 Å². The van der Waals surface area contributed by atoms with E-state index >= 15 is 0 Å². The Balaban J connectivity index is 4.00. The van der Waals surface area contributed by atoms with E-state index in [9.17, 15) is 19.5 Å². The number of nitrogens with zero attached hydrogens (tertiary/aromatic N) is 1. The van der Waals surface area contributed by atoms with E-state index in [1.807, 2.05) is 21.1 Å². The van der Waals surface area contributed by atoms with Crippen LogP contribution in [0.3, 0.4) is 0 Å². The zero-order valence-electron chi connectivity index (χ0n) is 67.4. The Labute approximate surface area is 635 Å². The van der Waals surface area contributed by atoms with E-state index in [0.29, 0.717) is 23.9 Å². The van der Waals surface area contributed by atoms with Gasteiger partial charge in [0, 0.05) is 12.8 Å². The first-order chi connectivity index (χ1) is 50.6. The molecule has 0 saturated carbocycles. The highest BCUT2D eigenvalue weighted by Crippen LogP contribution is 2.19. The van der Waals surface area contributed by atoms with Crippen molar-refractivity contribution >= 4 is 17.9 Å². The molecule has 0 aromatic carbocycles. The van der Waals surface area contributed by atoms with Gasteiger partial charge in [-0.3, -0.25) is 9.59 Å². The molecule has 0 bridgehead atoms. The fourth-order valence-electron chi connectivity index (χ4n) is 11.9. The number of unbranched alkanes of at least 4 members (excludes halogenated alkanes) is 37. The Hall–Kier alpha value is -5.09. The minimum absolute atomic E-state index is 0.144. The molecule has 0 aliphatic rings. The Morgan fingerprint density at radius 2 is 0.524 bits per heavy atom. The van der Waals surface area contributed by atoms with Crippen molar-refractivity contribution in [2.24, 2.45) is 0 Å². The molecule has 588 valence electrons. The minimum Gasteiger partial charge on any atom is -0.545 e. The number of carboxylic acid groups (broad SMARTS) is 1. The first-order valence-corrected chi connectivity index (χ1v) is 42.6. The summed E-state index contributed by atoms with van der Waals surface area (Å²) in [6.07, 6.45) is 119. The number of ether oxygens (including phenoxy) is 4. The molecular weight excluding hydrogens is 1270 g/mol.